The molecule has 0 unspecified atom stereocenters. The van der Waals surface area contributed by atoms with E-state index in [4.69, 9.17) is 0 Å². The normalized spacial score (nSPS) is 11.0. The van der Waals surface area contributed by atoms with E-state index in [1.165, 1.54) is 52.0 Å². The van der Waals surface area contributed by atoms with Crippen LogP contribution in [-0.4, -0.2) is 30.1 Å². The van der Waals surface area contributed by atoms with Gasteiger partial charge in [0.15, 0.2) is 10.8 Å². The van der Waals surface area contributed by atoms with E-state index in [-0.39, 0.29) is 12.4 Å². The fourth-order valence-electron chi connectivity index (χ4n) is 2.32. The predicted molar refractivity (Wildman–Crippen MR) is 98.5 cm³/mol. The van der Waals surface area contributed by atoms with Crippen molar-refractivity contribution in [1.29, 1.82) is 0 Å². The SMILES string of the molecule is O=C(Cn1nc2c(Sc3cccc(F)c3)nccn2c1=O)Nc1nccs1. The van der Waals surface area contributed by atoms with Crippen LogP contribution in [0.2, 0.25) is 0 Å². The summed E-state index contributed by atoms with van der Waals surface area (Å²) in [6, 6.07) is 6.03. The molecule has 136 valence electrons. The Hall–Kier alpha value is -3.05. The molecule has 1 N–H and O–H groups in total. The zero-order chi connectivity index (χ0) is 18.8. The van der Waals surface area contributed by atoms with Crippen molar-refractivity contribution in [2.75, 3.05) is 5.32 Å². The first-order valence-corrected chi connectivity index (χ1v) is 9.37. The number of halogens is 1. The van der Waals surface area contributed by atoms with Crippen LogP contribution in [0.5, 0.6) is 0 Å². The van der Waals surface area contributed by atoms with Gasteiger partial charge in [0, 0.05) is 28.9 Å². The molecule has 0 bridgehead atoms. The largest absolute Gasteiger partial charge is 0.350 e. The molecule has 3 heterocycles. The monoisotopic (exact) mass is 402 g/mol. The van der Waals surface area contributed by atoms with E-state index in [1.54, 1.807) is 23.7 Å². The topological polar surface area (TPSA) is 94.2 Å². The van der Waals surface area contributed by atoms with Gasteiger partial charge in [-0.25, -0.2) is 28.2 Å². The maximum atomic E-state index is 13.4. The molecule has 0 atom stereocenters. The summed E-state index contributed by atoms with van der Waals surface area (Å²) in [7, 11) is 0. The van der Waals surface area contributed by atoms with E-state index < -0.39 is 11.6 Å². The smallest absolute Gasteiger partial charge is 0.300 e. The zero-order valence-electron chi connectivity index (χ0n) is 13.6. The van der Waals surface area contributed by atoms with Crippen molar-refractivity contribution in [3.05, 3.63) is 64.5 Å². The summed E-state index contributed by atoms with van der Waals surface area (Å²) in [6.07, 6.45) is 4.49. The van der Waals surface area contributed by atoms with E-state index in [0.29, 0.717) is 20.7 Å². The number of anilines is 1. The molecule has 0 radical (unpaired) electrons. The fourth-order valence-corrected chi connectivity index (χ4v) is 3.75. The Morgan fingerprint density at radius 3 is 2.96 bits per heavy atom. The van der Waals surface area contributed by atoms with Crippen LogP contribution in [0.15, 0.2) is 63.0 Å². The number of hydrogen-bond donors (Lipinski definition) is 1. The maximum Gasteiger partial charge on any atom is 0.350 e. The average molecular weight is 402 g/mol. The number of benzene rings is 1. The molecule has 4 aromatic rings. The number of thiazole rings is 1. The standard InChI is InChI=1S/C16H11FN6O2S2/c17-10-2-1-3-11(8-10)27-14-13-21-23(16(25)22(13)6-4-18-14)9-12(24)20-15-19-5-7-26-15/h1-8H,9H2,(H,19,20,24). The molecule has 0 aliphatic carbocycles. The minimum atomic E-state index is -0.470. The Morgan fingerprint density at radius 2 is 2.19 bits per heavy atom. The highest BCUT2D eigenvalue weighted by atomic mass is 32.2. The van der Waals surface area contributed by atoms with Gasteiger partial charge in [0.25, 0.3) is 0 Å². The number of carbonyl (C=O) groups is 1. The first-order valence-electron chi connectivity index (χ1n) is 7.67. The highest BCUT2D eigenvalue weighted by Gasteiger charge is 2.15. The molecular formula is C16H11FN6O2S2. The van der Waals surface area contributed by atoms with Gasteiger partial charge in [-0.1, -0.05) is 17.8 Å². The van der Waals surface area contributed by atoms with Gasteiger partial charge in [-0.2, -0.15) is 0 Å². The number of aromatic nitrogens is 5. The number of hydrogen-bond acceptors (Lipinski definition) is 7. The second-order valence-corrected chi connectivity index (χ2v) is 7.27. The third-order valence-electron chi connectivity index (χ3n) is 3.45. The second-order valence-electron chi connectivity index (χ2n) is 5.31. The van der Waals surface area contributed by atoms with Crippen molar-refractivity contribution in [2.45, 2.75) is 16.5 Å². The lowest BCUT2D eigenvalue weighted by atomic mass is 10.4. The highest BCUT2D eigenvalue weighted by Crippen LogP contribution is 2.28. The Labute approximate surface area is 159 Å². The molecule has 1 amide bonds. The second kappa shape index (κ2) is 7.29. The van der Waals surface area contributed by atoms with E-state index in [1.807, 2.05) is 0 Å². The summed E-state index contributed by atoms with van der Waals surface area (Å²) >= 11 is 2.46. The van der Waals surface area contributed by atoms with Gasteiger partial charge in [-0.15, -0.1) is 16.4 Å². The molecule has 0 saturated heterocycles. The molecule has 11 heteroatoms. The molecule has 0 fully saturated rings. The van der Waals surface area contributed by atoms with Crippen molar-refractivity contribution < 1.29 is 9.18 Å². The summed E-state index contributed by atoms with van der Waals surface area (Å²) in [6.45, 7) is -0.260. The van der Waals surface area contributed by atoms with Crippen LogP contribution in [-0.2, 0) is 11.3 Å². The van der Waals surface area contributed by atoms with Crippen LogP contribution in [0.25, 0.3) is 5.65 Å². The Balaban J connectivity index is 1.63. The van der Waals surface area contributed by atoms with Gasteiger partial charge in [-0.05, 0) is 18.2 Å². The van der Waals surface area contributed by atoms with Crippen molar-refractivity contribution in [1.82, 2.24) is 24.1 Å². The Morgan fingerprint density at radius 1 is 1.30 bits per heavy atom. The number of rotatable bonds is 5. The minimum absolute atomic E-state index is 0.260. The first kappa shape index (κ1) is 17.4. The van der Waals surface area contributed by atoms with E-state index in [2.05, 4.69) is 20.4 Å². The van der Waals surface area contributed by atoms with Gasteiger partial charge < -0.3 is 5.32 Å². The molecule has 0 spiro atoms. The van der Waals surface area contributed by atoms with E-state index >= 15 is 0 Å². The van der Waals surface area contributed by atoms with Gasteiger partial charge in [-0.3, -0.25) is 4.79 Å². The maximum absolute atomic E-state index is 13.4. The summed E-state index contributed by atoms with van der Waals surface area (Å²) in [5, 5.41) is 9.42. The van der Waals surface area contributed by atoms with Crippen LogP contribution in [0.3, 0.4) is 0 Å². The van der Waals surface area contributed by atoms with E-state index in [9.17, 15) is 14.0 Å². The summed E-state index contributed by atoms with van der Waals surface area (Å²) in [5.41, 5.74) is -0.179. The lowest BCUT2D eigenvalue weighted by Crippen LogP contribution is -2.28. The third kappa shape index (κ3) is 3.73. The van der Waals surface area contributed by atoms with Crippen LogP contribution in [0.1, 0.15) is 0 Å². The molecule has 27 heavy (non-hydrogen) atoms. The van der Waals surface area contributed by atoms with Crippen LogP contribution < -0.4 is 11.0 Å². The molecule has 4 rings (SSSR count). The predicted octanol–water partition coefficient (Wildman–Crippen LogP) is 2.28. The molecule has 3 aromatic heterocycles. The Kier molecular flexibility index (Phi) is 4.69. The molecule has 0 aliphatic rings. The van der Waals surface area contributed by atoms with Gasteiger partial charge in [0.1, 0.15) is 17.4 Å². The van der Waals surface area contributed by atoms with Crippen LogP contribution in [0.4, 0.5) is 9.52 Å². The number of nitrogens with one attached hydrogen (secondary N) is 1. The van der Waals surface area contributed by atoms with Crippen molar-refractivity contribution >= 4 is 39.8 Å². The number of amides is 1. The quantitative estimate of drug-likeness (QED) is 0.550. The first-order chi connectivity index (χ1) is 13.1. The highest BCUT2D eigenvalue weighted by molar-refractivity contribution is 7.99. The molecule has 1 aromatic carbocycles. The van der Waals surface area contributed by atoms with Gasteiger partial charge in [0.2, 0.25) is 5.91 Å². The third-order valence-corrected chi connectivity index (χ3v) is 5.11. The number of fused-ring (bicyclic) bond motifs is 1. The molecule has 8 nitrogen and oxygen atoms in total. The van der Waals surface area contributed by atoms with Gasteiger partial charge in [0.05, 0.1) is 0 Å². The number of carbonyl (C=O) groups excluding carboxylic acids is 1. The Bertz CT molecular complexity index is 1170. The molecular weight excluding hydrogens is 391 g/mol. The van der Waals surface area contributed by atoms with Crippen molar-refractivity contribution in [3.63, 3.8) is 0 Å². The summed E-state index contributed by atoms with van der Waals surface area (Å²) < 4.78 is 15.7. The van der Waals surface area contributed by atoms with Crippen LogP contribution in [0, 0.1) is 5.82 Å². The molecule has 0 saturated carbocycles. The lowest BCUT2D eigenvalue weighted by Gasteiger charge is -2.01. The lowest BCUT2D eigenvalue weighted by molar-refractivity contribution is -0.117. The van der Waals surface area contributed by atoms with Gasteiger partial charge >= 0.3 is 5.69 Å². The number of nitrogens with zero attached hydrogens (tertiary/aromatic N) is 5. The summed E-state index contributed by atoms with van der Waals surface area (Å²) in [5.74, 6) is -0.781. The van der Waals surface area contributed by atoms with Crippen molar-refractivity contribution in [2.24, 2.45) is 0 Å². The average Bonchev–Trinajstić information content (AvgIpc) is 3.25. The summed E-state index contributed by atoms with van der Waals surface area (Å²) in [4.78, 5) is 33.4. The fraction of sp³-hybridized carbons (Fsp3) is 0.0625. The van der Waals surface area contributed by atoms with Crippen LogP contribution >= 0.6 is 23.1 Å². The zero-order valence-corrected chi connectivity index (χ0v) is 15.2. The van der Waals surface area contributed by atoms with Crippen molar-refractivity contribution in [3.8, 4) is 0 Å². The molecule has 0 aliphatic heterocycles. The minimum Gasteiger partial charge on any atom is -0.300 e. The van der Waals surface area contributed by atoms with E-state index in [0.717, 1.165) is 4.68 Å².